The highest BCUT2D eigenvalue weighted by Crippen LogP contribution is 2.50. The van der Waals surface area contributed by atoms with Crippen LogP contribution < -0.4 is 19.7 Å². The third kappa shape index (κ3) is 5.36. The first-order chi connectivity index (χ1) is 22.0. The van der Waals surface area contributed by atoms with Crippen molar-refractivity contribution in [3.8, 4) is 23.1 Å². The summed E-state index contributed by atoms with van der Waals surface area (Å²) in [5.74, 6) is 0.194. The first-order valence-electron chi connectivity index (χ1n) is 16.2. The number of fused-ring (bicyclic) bond motifs is 3. The van der Waals surface area contributed by atoms with Crippen LogP contribution in [0.5, 0.6) is 11.9 Å². The average Bonchev–Trinajstić information content (AvgIpc) is 3.62. The van der Waals surface area contributed by atoms with Crippen molar-refractivity contribution in [1.82, 2.24) is 30.5 Å². The molecule has 3 aliphatic rings. The highest BCUT2D eigenvalue weighted by Gasteiger charge is 2.45. The lowest BCUT2D eigenvalue weighted by Crippen LogP contribution is -2.49. The molecule has 1 aliphatic heterocycles. The Morgan fingerprint density at radius 2 is 2.00 bits per heavy atom. The third-order valence-corrected chi connectivity index (χ3v) is 9.94. The van der Waals surface area contributed by atoms with Crippen molar-refractivity contribution in [2.75, 3.05) is 51.7 Å². The van der Waals surface area contributed by atoms with Crippen LogP contribution >= 0.6 is 0 Å². The van der Waals surface area contributed by atoms with Gasteiger partial charge in [0.15, 0.2) is 11.6 Å². The van der Waals surface area contributed by atoms with Crippen molar-refractivity contribution in [3.05, 3.63) is 29.2 Å². The monoisotopic (exact) mass is 619 g/mol. The van der Waals surface area contributed by atoms with Crippen LogP contribution in [0.15, 0.2) is 12.3 Å². The minimum atomic E-state index is -0.590. The summed E-state index contributed by atoms with van der Waals surface area (Å²) >= 11 is 0. The molecule has 2 atom stereocenters. The van der Waals surface area contributed by atoms with Gasteiger partial charge in [-0.1, -0.05) is 6.42 Å². The number of rotatable bonds is 12. The number of halogens is 1. The van der Waals surface area contributed by atoms with Gasteiger partial charge in [-0.25, -0.2) is 9.37 Å². The SMILES string of the molecule is CCOCCN(CO)c1nc(OCC23CCCNC2CCC3)nc2c(F)c(-c3c(C4CC4)c(C)cc4[nH]ncc34)nc(OC)c12. The molecule has 1 aromatic carbocycles. The number of anilines is 1. The van der Waals surface area contributed by atoms with Gasteiger partial charge in [0, 0.05) is 35.6 Å². The summed E-state index contributed by atoms with van der Waals surface area (Å²) in [4.78, 5) is 15.9. The Morgan fingerprint density at radius 1 is 1.16 bits per heavy atom. The second-order valence-corrected chi connectivity index (χ2v) is 12.7. The molecule has 2 saturated carbocycles. The van der Waals surface area contributed by atoms with Crippen LogP contribution in [0.25, 0.3) is 33.1 Å². The highest BCUT2D eigenvalue weighted by atomic mass is 19.1. The number of H-pyrrole nitrogens is 1. The van der Waals surface area contributed by atoms with E-state index in [9.17, 15) is 5.11 Å². The maximum atomic E-state index is 17.1. The molecule has 0 bridgehead atoms. The molecule has 7 rings (SSSR count). The number of aromatic amines is 1. The molecule has 45 heavy (non-hydrogen) atoms. The minimum Gasteiger partial charge on any atom is -0.480 e. The lowest BCUT2D eigenvalue weighted by atomic mass is 9.76. The molecule has 4 aromatic rings. The number of piperidine rings is 1. The number of nitrogens with one attached hydrogen (secondary N) is 2. The Morgan fingerprint density at radius 3 is 2.78 bits per heavy atom. The van der Waals surface area contributed by atoms with Crippen molar-refractivity contribution in [3.63, 3.8) is 0 Å². The number of hydrogen-bond donors (Lipinski definition) is 3. The maximum absolute atomic E-state index is 17.1. The number of aliphatic hydroxyl groups is 1. The van der Waals surface area contributed by atoms with Crippen LogP contribution in [0.4, 0.5) is 10.2 Å². The van der Waals surface area contributed by atoms with Gasteiger partial charge >= 0.3 is 6.01 Å². The number of pyridine rings is 1. The molecule has 0 radical (unpaired) electrons. The van der Waals surface area contributed by atoms with Gasteiger partial charge in [-0.15, -0.1) is 0 Å². The molecular weight excluding hydrogens is 577 g/mol. The Balaban J connectivity index is 1.41. The molecule has 3 aromatic heterocycles. The van der Waals surface area contributed by atoms with E-state index in [1.165, 1.54) is 7.11 Å². The fourth-order valence-corrected chi connectivity index (χ4v) is 7.59. The molecule has 240 valence electrons. The van der Waals surface area contributed by atoms with E-state index in [1.807, 2.05) is 13.8 Å². The van der Waals surface area contributed by atoms with E-state index in [0.29, 0.717) is 43.9 Å². The largest absolute Gasteiger partial charge is 0.480 e. The van der Waals surface area contributed by atoms with Crippen molar-refractivity contribution < 1.29 is 23.7 Å². The lowest BCUT2D eigenvalue weighted by molar-refractivity contribution is 0.0798. The normalized spacial score (nSPS) is 21.4. The van der Waals surface area contributed by atoms with E-state index < -0.39 is 5.82 Å². The molecule has 12 heteroatoms. The smallest absolute Gasteiger partial charge is 0.319 e. The molecule has 2 unspecified atom stereocenters. The number of aliphatic hydroxyl groups excluding tert-OH is 1. The summed E-state index contributed by atoms with van der Waals surface area (Å²) in [6, 6.07) is 2.52. The van der Waals surface area contributed by atoms with Crippen LogP contribution in [-0.2, 0) is 4.74 Å². The number of ether oxygens (including phenoxy) is 3. The topological polar surface area (TPSA) is 131 Å². The molecule has 11 nitrogen and oxygen atoms in total. The van der Waals surface area contributed by atoms with Crippen molar-refractivity contribution in [1.29, 1.82) is 0 Å². The Labute approximate surface area is 261 Å². The Hall–Kier alpha value is -3.61. The van der Waals surface area contributed by atoms with E-state index in [-0.39, 0.29) is 46.5 Å². The average molecular weight is 620 g/mol. The predicted octanol–water partition coefficient (Wildman–Crippen LogP) is 5.00. The second-order valence-electron chi connectivity index (χ2n) is 12.7. The van der Waals surface area contributed by atoms with Gasteiger partial charge < -0.3 is 29.5 Å². The number of aromatic nitrogens is 5. The number of hydrogen-bond acceptors (Lipinski definition) is 10. The zero-order valence-electron chi connectivity index (χ0n) is 26.3. The highest BCUT2D eigenvalue weighted by molar-refractivity contribution is 6.01. The van der Waals surface area contributed by atoms with Gasteiger partial charge in [-0.3, -0.25) is 5.10 Å². The lowest BCUT2D eigenvalue weighted by Gasteiger charge is -2.39. The van der Waals surface area contributed by atoms with E-state index in [2.05, 4.69) is 21.6 Å². The maximum Gasteiger partial charge on any atom is 0.319 e. The van der Waals surface area contributed by atoms with E-state index in [1.54, 1.807) is 11.1 Å². The summed E-state index contributed by atoms with van der Waals surface area (Å²) in [6.45, 7) is 6.22. The van der Waals surface area contributed by atoms with Crippen molar-refractivity contribution in [2.45, 2.75) is 70.8 Å². The van der Waals surface area contributed by atoms with Crippen molar-refractivity contribution >= 4 is 27.6 Å². The number of nitrogens with zero attached hydrogens (tertiary/aromatic N) is 5. The van der Waals surface area contributed by atoms with Gasteiger partial charge in [0.25, 0.3) is 0 Å². The fraction of sp³-hybridized carbons (Fsp3) is 0.576. The van der Waals surface area contributed by atoms with Gasteiger partial charge in [-0.05, 0) is 82.0 Å². The van der Waals surface area contributed by atoms with Crippen LogP contribution in [-0.4, -0.2) is 83.0 Å². The second kappa shape index (κ2) is 12.3. The van der Waals surface area contributed by atoms with Gasteiger partial charge in [0.05, 0.1) is 32.0 Å². The molecule has 2 aliphatic carbocycles. The summed E-state index contributed by atoms with van der Waals surface area (Å²) < 4.78 is 34.9. The summed E-state index contributed by atoms with van der Waals surface area (Å²) in [5.41, 5.74) is 3.84. The molecule has 4 heterocycles. The van der Waals surface area contributed by atoms with E-state index >= 15 is 4.39 Å². The van der Waals surface area contributed by atoms with Crippen LogP contribution in [0.1, 0.15) is 68.9 Å². The zero-order valence-corrected chi connectivity index (χ0v) is 26.3. The summed E-state index contributed by atoms with van der Waals surface area (Å²) in [6.07, 6.45) is 9.28. The third-order valence-electron chi connectivity index (χ3n) is 9.94. The Kier molecular flexibility index (Phi) is 8.22. The number of aryl methyl sites for hydroxylation is 1. The first kappa shape index (κ1) is 30.1. The molecule has 3 fully saturated rings. The van der Waals surface area contributed by atoms with Crippen LogP contribution in [0, 0.1) is 18.2 Å². The standard InChI is InChI=1S/C33H42FN7O4/c1-4-44-14-13-41(18-42)30-26-29(38-32(39-30)45-17-33-10-5-7-23(33)35-12-6-11-33)27(34)28(37-31(26)43-3)25-21-16-36-40-22(21)15-19(2)24(25)20-8-9-20/h15-16,20,23,35,42H,4-14,17-18H2,1-3H3,(H,36,40). The minimum absolute atomic E-state index is 0.00434. The number of methoxy groups -OCH3 is 1. The zero-order chi connectivity index (χ0) is 31.1. The van der Waals surface area contributed by atoms with E-state index in [4.69, 9.17) is 29.2 Å². The van der Waals surface area contributed by atoms with Gasteiger partial charge in [0.2, 0.25) is 5.88 Å². The van der Waals surface area contributed by atoms with Crippen LogP contribution in [0.2, 0.25) is 0 Å². The molecule has 3 N–H and O–H groups in total. The molecule has 1 saturated heterocycles. The molecule has 0 spiro atoms. The van der Waals surface area contributed by atoms with Gasteiger partial charge in [0.1, 0.15) is 23.3 Å². The fourth-order valence-electron chi connectivity index (χ4n) is 7.59. The van der Waals surface area contributed by atoms with Crippen molar-refractivity contribution in [2.24, 2.45) is 5.41 Å². The quantitative estimate of drug-likeness (QED) is 0.147. The predicted molar refractivity (Wildman–Crippen MR) is 169 cm³/mol. The van der Waals surface area contributed by atoms with Gasteiger partial charge in [-0.2, -0.15) is 15.1 Å². The summed E-state index contributed by atoms with van der Waals surface area (Å²) in [5, 5.41) is 22.5. The molecular formula is C33H42FN7O4. The molecule has 0 amide bonds. The first-order valence-corrected chi connectivity index (χ1v) is 16.2. The van der Waals surface area contributed by atoms with E-state index in [0.717, 1.165) is 73.5 Å². The summed E-state index contributed by atoms with van der Waals surface area (Å²) in [7, 11) is 1.50. The Bertz CT molecular complexity index is 1710. The number of benzene rings is 1. The van der Waals surface area contributed by atoms with Crippen LogP contribution in [0.3, 0.4) is 0 Å².